The van der Waals surface area contributed by atoms with Crippen molar-refractivity contribution in [1.29, 1.82) is 0 Å². The number of aliphatic carboxylic acids is 1. The van der Waals surface area contributed by atoms with E-state index in [0.717, 1.165) is 0 Å². The number of carboxylic acids is 1. The molecule has 0 aliphatic carbocycles. The van der Waals surface area contributed by atoms with Gasteiger partial charge in [-0.15, -0.1) is 0 Å². The first kappa shape index (κ1) is 12.0. The van der Waals surface area contributed by atoms with Crippen molar-refractivity contribution in [2.45, 2.75) is 3.93 Å². The van der Waals surface area contributed by atoms with Gasteiger partial charge in [-0.3, -0.25) is 0 Å². The van der Waals surface area contributed by atoms with Crippen molar-refractivity contribution in [1.82, 2.24) is 0 Å². The number of alkyl halides is 3. The van der Waals surface area contributed by atoms with Gasteiger partial charge in [0, 0.05) is 22.6 Å². The summed E-state index contributed by atoms with van der Waals surface area (Å²) >= 11 is 0.534. The molecule has 0 spiro atoms. The van der Waals surface area contributed by atoms with Gasteiger partial charge in [0.15, 0.2) is 0 Å². The van der Waals surface area contributed by atoms with Crippen molar-refractivity contribution < 1.29 is 21.5 Å². The Morgan fingerprint density at radius 3 is 1.88 bits per heavy atom. The van der Waals surface area contributed by atoms with E-state index >= 15 is 0 Å². The fourth-order valence-corrected chi connectivity index (χ4v) is 0. The van der Waals surface area contributed by atoms with Crippen LogP contribution in [0.3, 0.4) is 0 Å². The van der Waals surface area contributed by atoms with Gasteiger partial charge in [-0.2, -0.15) is 8.78 Å². The maximum atomic E-state index is 11.2. The van der Waals surface area contributed by atoms with Crippen molar-refractivity contribution in [3.8, 4) is 0 Å². The first-order chi connectivity index (χ1) is 2.94. The van der Waals surface area contributed by atoms with E-state index in [9.17, 15) is 13.6 Å². The number of halogens is 3. The van der Waals surface area contributed by atoms with Crippen LogP contribution in [0.5, 0.6) is 0 Å². The summed E-state index contributed by atoms with van der Waals surface area (Å²) in [5, 5.41) is 7.49. The molecule has 0 saturated heterocycles. The van der Waals surface area contributed by atoms with Crippen molar-refractivity contribution in [3.63, 3.8) is 0 Å². The maximum absolute atomic E-state index is 11.2. The second kappa shape index (κ2) is 4.19. The van der Waals surface area contributed by atoms with E-state index < -0.39 is 9.90 Å². The fourth-order valence-electron chi connectivity index (χ4n) is 0. The van der Waals surface area contributed by atoms with E-state index in [2.05, 4.69) is 0 Å². The van der Waals surface area contributed by atoms with E-state index in [-0.39, 0.29) is 40.6 Å². The van der Waals surface area contributed by atoms with Crippen LogP contribution in [0.15, 0.2) is 0 Å². The smallest absolute Gasteiger partial charge is 1.00 e. The minimum Gasteiger partial charge on any atom is -1.00 e. The predicted molar refractivity (Wildman–Crippen MR) is 34.6 cm³/mol. The zero-order valence-electron chi connectivity index (χ0n) is 5.70. The molecule has 0 heterocycles. The molecular weight excluding hydrogens is 261 g/mol. The van der Waals surface area contributed by atoms with Crippen LogP contribution >= 0.6 is 22.6 Å². The molecule has 0 aromatic carbocycles. The summed E-state index contributed by atoms with van der Waals surface area (Å²) in [5.74, 6) is -2.10. The van der Waals surface area contributed by atoms with Crippen molar-refractivity contribution in [2.24, 2.45) is 0 Å². The topological polar surface area (TPSA) is 37.3 Å². The van der Waals surface area contributed by atoms with Gasteiger partial charge in [-0.25, -0.2) is 4.79 Å². The molecule has 0 radical (unpaired) electrons. The molecule has 0 amide bonds. The Hall–Kier alpha value is 1.32. The quantitative estimate of drug-likeness (QED) is 0.435. The third-order valence-corrected chi connectivity index (χ3v) is 0.704. The number of hydrogen-bond acceptors (Lipinski definition) is 1. The van der Waals surface area contributed by atoms with Gasteiger partial charge >= 0.3 is 47.6 Å². The second-order valence-electron chi connectivity index (χ2n) is 0.803. The van der Waals surface area contributed by atoms with Gasteiger partial charge in [0.25, 0.3) is 0 Å². The monoisotopic (exact) mass is 264 g/mol. The van der Waals surface area contributed by atoms with Gasteiger partial charge in [0.2, 0.25) is 0 Å². The summed E-state index contributed by atoms with van der Waals surface area (Å²) in [7, 11) is 0. The molecule has 0 aliphatic rings. The normalized spacial score (nSPS) is 9.88. The average molecular weight is 264 g/mol. The van der Waals surface area contributed by atoms with E-state index in [1.165, 1.54) is 0 Å². The van der Waals surface area contributed by atoms with E-state index in [1.807, 2.05) is 0 Å². The van der Waals surface area contributed by atoms with E-state index in [0.29, 0.717) is 22.6 Å². The molecular formula is C2H3CaF2IO2. The third-order valence-electron chi connectivity index (χ3n) is 0.243. The first-order valence-corrected chi connectivity index (χ1v) is 2.32. The third kappa shape index (κ3) is 5.46. The Labute approximate surface area is 90.7 Å². The van der Waals surface area contributed by atoms with Crippen LogP contribution < -0.4 is 0 Å². The number of rotatable bonds is 1. The van der Waals surface area contributed by atoms with E-state index in [4.69, 9.17) is 5.11 Å². The SMILES string of the molecule is O=C(O)C(F)(F)I.[Ca+2].[H-].[H-]. The van der Waals surface area contributed by atoms with Gasteiger partial charge < -0.3 is 7.96 Å². The minimum absolute atomic E-state index is 0. The molecule has 6 heteroatoms. The Morgan fingerprint density at radius 1 is 1.75 bits per heavy atom. The largest absolute Gasteiger partial charge is 2.00 e. The van der Waals surface area contributed by atoms with Gasteiger partial charge in [-0.1, -0.05) is 0 Å². The van der Waals surface area contributed by atoms with E-state index in [1.54, 1.807) is 0 Å². The molecule has 0 bridgehead atoms. The number of hydrogen-bond donors (Lipinski definition) is 1. The predicted octanol–water partition coefficient (Wildman–Crippen LogP) is 0.943. The van der Waals surface area contributed by atoms with Gasteiger partial charge in [-0.05, 0) is 0 Å². The molecule has 8 heavy (non-hydrogen) atoms. The van der Waals surface area contributed by atoms with Crippen molar-refractivity contribution in [3.05, 3.63) is 0 Å². The summed E-state index contributed by atoms with van der Waals surface area (Å²) in [6, 6.07) is 0. The summed E-state index contributed by atoms with van der Waals surface area (Å²) in [6.45, 7) is 0. The van der Waals surface area contributed by atoms with Crippen LogP contribution in [0.25, 0.3) is 0 Å². The average Bonchev–Trinajstić information content (AvgIpc) is 1.31. The molecule has 2 nitrogen and oxygen atoms in total. The number of carboxylic acid groups (broad SMARTS) is 1. The molecule has 0 aromatic heterocycles. The summed E-state index contributed by atoms with van der Waals surface area (Å²) in [4.78, 5) is 9.26. The zero-order valence-corrected chi connectivity index (χ0v) is 8.06. The van der Waals surface area contributed by atoms with Gasteiger partial charge in [0.1, 0.15) is 0 Å². The minimum atomic E-state index is -3.61. The van der Waals surface area contributed by atoms with Crippen LogP contribution in [0, 0.1) is 0 Å². The summed E-state index contributed by atoms with van der Waals surface area (Å²) in [6.07, 6.45) is 0. The maximum Gasteiger partial charge on any atom is 2.00 e. The molecule has 0 aromatic rings. The van der Waals surface area contributed by atoms with Crippen molar-refractivity contribution in [2.75, 3.05) is 0 Å². The van der Waals surface area contributed by atoms with Gasteiger partial charge in [0.05, 0.1) is 0 Å². The summed E-state index contributed by atoms with van der Waals surface area (Å²) < 4.78 is 18.9. The molecule has 0 saturated carbocycles. The molecule has 0 aliphatic heterocycles. The van der Waals surface area contributed by atoms with Crippen molar-refractivity contribution >= 4 is 66.3 Å². The first-order valence-electron chi connectivity index (χ1n) is 1.24. The molecule has 0 atom stereocenters. The Morgan fingerprint density at radius 2 is 1.88 bits per heavy atom. The zero-order chi connectivity index (χ0) is 6.08. The Kier molecular flexibility index (Phi) is 6.30. The molecule has 0 fully saturated rings. The van der Waals surface area contributed by atoms with Crippen LogP contribution in [-0.2, 0) is 4.79 Å². The molecule has 0 unspecified atom stereocenters. The standard InChI is InChI=1S/C2HF2IO2.Ca.2H/c3-2(4,5)1(6)7;;;/h(H,6,7);;;/q;+2;2*-1. The van der Waals surface area contributed by atoms with Crippen LogP contribution in [-0.4, -0.2) is 52.7 Å². The fraction of sp³-hybridized carbons (Fsp3) is 0.500. The second-order valence-corrected chi connectivity index (χ2v) is 2.16. The molecule has 46 valence electrons. The molecule has 1 N–H and O–H groups in total. The van der Waals surface area contributed by atoms with Crippen LogP contribution in [0.4, 0.5) is 8.78 Å². The summed E-state index contributed by atoms with van der Waals surface area (Å²) in [5.41, 5.74) is 0. The Bertz CT molecular complexity index is 97.7. The number of carbonyl (C=O) groups is 1. The van der Waals surface area contributed by atoms with Crippen LogP contribution in [0.2, 0.25) is 0 Å². The van der Waals surface area contributed by atoms with Crippen LogP contribution in [0.1, 0.15) is 2.85 Å². The Balaban J connectivity index is -0.0000000600. The molecule has 0 rings (SSSR count).